The van der Waals surface area contributed by atoms with Gasteiger partial charge in [0.05, 0.1) is 21.8 Å². The Hall–Kier alpha value is -0.380. The van der Waals surface area contributed by atoms with Gasteiger partial charge in [-0.3, -0.25) is 4.99 Å². The minimum Gasteiger partial charge on any atom is -0.333 e. The number of nitrogens with one attached hydrogen (secondary N) is 1. The van der Waals surface area contributed by atoms with Crippen LogP contribution in [0.1, 0.15) is 25.8 Å². The summed E-state index contributed by atoms with van der Waals surface area (Å²) in [5, 5.41) is 5.49. The van der Waals surface area contributed by atoms with Crippen molar-refractivity contribution < 1.29 is 0 Å². The Kier molecular flexibility index (Phi) is 5.04. The molecule has 0 aliphatic carbocycles. The lowest BCUT2D eigenvalue weighted by molar-refractivity contribution is 0.529. The number of benzene rings is 1. The highest BCUT2D eigenvalue weighted by atomic mass is 35.5. The fourth-order valence-corrected chi connectivity index (χ4v) is 3.45. The third kappa shape index (κ3) is 3.80. The van der Waals surface area contributed by atoms with Crippen molar-refractivity contribution in [2.24, 2.45) is 10.9 Å². The van der Waals surface area contributed by atoms with Gasteiger partial charge in [-0.2, -0.15) is 0 Å². The Morgan fingerprint density at radius 3 is 2.84 bits per heavy atom. The first-order valence-electron chi connectivity index (χ1n) is 6.39. The van der Waals surface area contributed by atoms with Crippen molar-refractivity contribution in [1.82, 2.24) is 0 Å². The molecule has 1 atom stereocenters. The average molecular weight is 317 g/mol. The Morgan fingerprint density at radius 2 is 2.16 bits per heavy atom. The second-order valence-electron chi connectivity index (χ2n) is 5.21. The predicted octanol–water partition coefficient (Wildman–Crippen LogP) is 5.23. The SMILES string of the molecule is Cc1ccc(Cl)c(NC2=NC(CC(C)C)CS2)c1Cl. The summed E-state index contributed by atoms with van der Waals surface area (Å²) in [4.78, 5) is 4.69. The van der Waals surface area contributed by atoms with Gasteiger partial charge in [0.15, 0.2) is 5.17 Å². The summed E-state index contributed by atoms with van der Waals surface area (Å²) in [5.74, 6) is 1.70. The quantitative estimate of drug-likeness (QED) is 0.825. The molecule has 5 heteroatoms. The minimum atomic E-state index is 0.398. The Labute approximate surface area is 129 Å². The van der Waals surface area contributed by atoms with Crippen LogP contribution in [0.3, 0.4) is 0 Å². The number of aryl methyl sites for hydroxylation is 1. The molecule has 0 bridgehead atoms. The van der Waals surface area contributed by atoms with Crippen molar-refractivity contribution in [2.45, 2.75) is 33.2 Å². The summed E-state index contributed by atoms with van der Waals surface area (Å²) in [6.07, 6.45) is 1.12. The molecule has 0 saturated carbocycles. The van der Waals surface area contributed by atoms with Gasteiger partial charge < -0.3 is 5.32 Å². The molecule has 1 aliphatic rings. The van der Waals surface area contributed by atoms with Gasteiger partial charge in [-0.1, -0.05) is 54.9 Å². The molecule has 1 unspecified atom stereocenters. The van der Waals surface area contributed by atoms with Crippen LogP contribution in [0.15, 0.2) is 17.1 Å². The zero-order valence-electron chi connectivity index (χ0n) is 11.3. The van der Waals surface area contributed by atoms with Crippen LogP contribution < -0.4 is 5.32 Å². The standard InChI is InChI=1S/C14H18Cl2N2S/c1-8(2)6-10-7-19-14(17-10)18-13-11(15)5-4-9(3)12(13)16/h4-5,8,10H,6-7H2,1-3H3,(H,17,18). The van der Waals surface area contributed by atoms with Crippen LogP contribution in [0.4, 0.5) is 5.69 Å². The van der Waals surface area contributed by atoms with Gasteiger partial charge in [0.2, 0.25) is 0 Å². The fraction of sp³-hybridized carbons (Fsp3) is 0.500. The van der Waals surface area contributed by atoms with E-state index < -0.39 is 0 Å². The van der Waals surface area contributed by atoms with Crippen LogP contribution in [0.2, 0.25) is 10.0 Å². The van der Waals surface area contributed by atoms with Gasteiger partial charge in [0.25, 0.3) is 0 Å². The van der Waals surface area contributed by atoms with Gasteiger partial charge in [-0.25, -0.2) is 0 Å². The van der Waals surface area contributed by atoms with E-state index in [-0.39, 0.29) is 0 Å². The number of amidine groups is 1. The van der Waals surface area contributed by atoms with Crippen molar-refractivity contribution in [3.05, 3.63) is 27.7 Å². The van der Waals surface area contributed by atoms with E-state index in [1.165, 1.54) is 0 Å². The first-order valence-corrected chi connectivity index (χ1v) is 8.13. The molecule has 0 amide bonds. The molecular weight excluding hydrogens is 299 g/mol. The Morgan fingerprint density at radius 1 is 1.42 bits per heavy atom. The molecule has 0 spiro atoms. The highest BCUT2D eigenvalue weighted by Crippen LogP contribution is 2.34. The molecular formula is C14H18Cl2N2S. The van der Waals surface area contributed by atoms with Gasteiger partial charge in [-0.15, -0.1) is 0 Å². The Balaban J connectivity index is 2.12. The van der Waals surface area contributed by atoms with E-state index in [1.54, 1.807) is 11.8 Å². The highest BCUT2D eigenvalue weighted by Gasteiger charge is 2.20. The van der Waals surface area contributed by atoms with Crippen molar-refractivity contribution in [3.8, 4) is 0 Å². The fourth-order valence-electron chi connectivity index (χ4n) is 2.03. The molecule has 2 rings (SSSR count). The molecule has 2 nitrogen and oxygen atoms in total. The second-order valence-corrected chi connectivity index (χ2v) is 7.00. The molecule has 1 aromatic rings. The average Bonchev–Trinajstić information content (AvgIpc) is 2.76. The van der Waals surface area contributed by atoms with Crippen LogP contribution in [0.25, 0.3) is 0 Å². The number of thioether (sulfide) groups is 1. The lowest BCUT2D eigenvalue weighted by Crippen LogP contribution is -2.08. The summed E-state index contributed by atoms with van der Waals surface area (Å²) in [7, 11) is 0. The van der Waals surface area contributed by atoms with E-state index in [9.17, 15) is 0 Å². The molecule has 104 valence electrons. The number of rotatable bonds is 3. The minimum absolute atomic E-state index is 0.398. The maximum Gasteiger partial charge on any atom is 0.161 e. The second kappa shape index (κ2) is 6.38. The van der Waals surface area contributed by atoms with Gasteiger partial charge >= 0.3 is 0 Å². The normalized spacial score (nSPS) is 18.8. The molecule has 1 N–H and O–H groups in total. The third-order valence-corrected chi connectivity index (χ3v) is 4.81. The lowest BCUT2D eigenvalue weighted by Gasteiger charge is -2.11. The first kappa shape index (κ1) is 15.0. The van der Waals surface area contributed by atoms with Crippen molar-refractivity contribution in [3.63, 3.8) is 0 Å². The van der Waals surface area contributed by atoms with Gasteiger partial charge in [-0.05, 0) is 30.9 Å². The molecule has 1 aliphatic heterocycles. The predicted molar refractivity (Wildman–Crippen MR) is 88.0 cm³/mol. The molecule has 0 aromatic heterocycles. The highest BCUT2D eigenvalue weighted by molar-refractivity contribution is 8.14. The summed E-state index contributed by atoms with van der Waals surface area (Å²) in [5.41, 5.74) is 1.77. The van der Waals surface area contributed by atoms with Crippen LogP contribution in [-0.4, -0.2) is 17.0 Å². The summed E-state index contributed by atoms with van der Waals surface area (Å²) in [6, 6.07) is 4.17. The van der Waals surface area contributed by atoms with Crippen molar-refractivity contribution in [1.29, 1.82) is 0 Å². The van der Waals surface area contributed by atoms with E-state index >= 15 is 0 Å². The maximum atomic E-state index is 6.29. The number of halogens is 2. The molecule has 1 heterocycles. The first-order chi connectivity index (χ1) is 8.97. The Bertz CT molecular complexity index is 500. The number of nitrogens with zero attached hydrogens (tertiary/aromatic N) is 1. The zero-order chi connectivity index (χ0) is 14.0. The van der Waals surface area contributed by atoms with E-state index in [0.29, 0.717) is 22.0 Å². The molecule has 0 radical (unpaired) electrons. The summed E-state index contributed by atoms with van der Waals surface area (Å²) in [6.45, 7) is 6.41. The van der Waals surface area contributed by atoms with Crippen molar-refractivity contribution in [2.75, 3.05) is 11.1 Å². The number of hydrogen-bond acceptors (Lipinski definition) is 3. The van der Waals surface area contributed by atoms with Crippen molar-refractivity contribution >= 4 is 45.8 Å². The third-order valence-electron chi connectivity index (χ3n) is 2.97. The van der Waals surface area contributed by atoms with Gasteiger partial charge in [0, 0.05) is 5.75 Å². The maximum absolute atomic E-state index is 6.29. The smallest absolute Gasteiger partial charge is 0.161 e. The van der Waals surface area contributed by atoms with E-state index in [0.717, 1.165) is 28.6 Å². The number of anilines is 1. The van der Waals surface area contributed by atoms with Crippen LogP contribution >= 0.6 is 35.0 Å². The van der Waals surface area contributed by atoms with E-state index in [2.05, 4.69) is 24.2 Å². The number of hydrogen-bond donors (Lipinski definition) is 1. The van der Waals surface area contributed by atoms with E-state index in [4.69, 9.17) is 23.2 Å². The molecule has 0 saturated heterocycles. The van der Waals surface area contributed by atoms with Crippen LogP contribution in [-0.2, 0) is 0 Å². The molecule has 19 heavy (non-hydrogen) atoms. The van der Waals surface area contributed by atoms with Crippen LogP contribution in [0, 0.1) is 12.8 Å². The topological polar surface area (TPSA) is 24.4 Å². The molecule has 0 fully saturated rings. The van der Waals surface area contributed by atoms with Gasteiger partial charge in [0.1, 0.15) is 0 Å². The monoisotopic (exact) mass is 316 g/mol. The largest absolute Gasteiger partial charge is 0.333 e. The molecule has 1 aromatic carbocycles. The number of aliphatic imine (C=N–C) groups is 1. The van der Waals surface area contributed by atoms with Crippen LogP contribution in [0.5, 0.6) is 0 Å². The van der Waals surface area contributed by atoms with E-state index in [1.807, 2.05) is 19.1 Å². The zero-order valence-corrected chi connectivity index (χ0v) is 13.7. The lowest BCUT2D eigenvalue weighted by atomic mass is 10.1. The summed E-state index contributed by atoms with van der Waals surface area (Å²) < 4.78 is 0. The summed E-state index contributed by atoms with van der Waals surface area (Å²) >= 11 is 14.2.